The predicted octanol–water partition coefficient (Wildman–Crippen LogP) is 4.66. The van der Waals surface area contributed by atoms with Crippen molar-refractivity contribution in [1.82, 2.24) is 0 Å². The van der Waals surface area contributed by atoms with Gasteiger partial charge in [-0.1, -0.05) is 39.8 Å². The van der Waals surface area contributed by atoms with E-state index in [1.807, 2.05) is 0 Å². The zero-order chi connectivity index (χ0) is 10.6. The molecule has 0 amide bonds. The van der Waals surface area contributed by atoms with Crippen molar-refractivity contribution in [2.45, 2.75) is 53.4 Å². The van der Waals surface area contributed by atoms with Gasteiger partial charge in [-0.2, -0.15) is 0 Å². The van der Waals surface area contributed by atoms with Crippen LogP contribution in [0.3, 0.4) is 0 Å². The summed E-state index contributed by atoms with van der Waals surface area (Å²) in [6.45, 7) is 9.26. The highest BCUT2D eigenvalue weighted by Gasteiger charge is 2.21. The molecule has 0 N–H and O–H groups in total. The molecule has 1 saturated carbocycles. The van der Waals surface area contributed by atoms with E-state index in [0.29, 0.717) is 0 Å². The molecule has 1 aliphatic rings. The summed E-state index contributed by atoms with van der Waals surface area (Å²) in [7, 11) is 0. The number of hydrogen-bond donors (Lipinski definition) is 0. The van der Waals surface area contributed by atoms with E-state index in [0.717, 1.165) is 23.7 Å². The van der Waals surface area contributed by atoms with Gasteiger partial charge >= 0.3 is 0 Å². The first-order valence-corrected chi connectivity index (χ1v) is 6.28. The maximum Gasteiger partial charge on any atom is -0.0233 e. The predicted molar refractivity (Wildman–Crippen MR) is 64.3 cm³/mol. The first-order chi connectivity index (χ1) is 6.59. The fraction of sp³-hybridized carbons (Fsp3) is 0.857. The lowest BCUT2D eigenvalue weighted by molar-refractivity contribution is 0.247. The van der Waals surface area contributed by atoms with Gasteiger partial charge in [-0.05, 0) is 49.4 Å². The molecule has 0 radical (unpaired) electrons. The van der Waals surface area contributed by atoms with E-state index >= 15 is 0 Å². The summed E-state index contributed by atoms with van der Waals surface area (Å²) < 4.78 is 0. The minimum Gasteiger partial charge on any atom is -0.0857 e. The molecule has 1 rings (SSSR count). The molecule has 0 aliphatic heterocycles. The van der Waals surface area contributed by atoms with Crippen LogP contribution >= 0.6 is 0 Å². The Morgan fingerprint density at radius 2 is 1.50 bits per heavy atom. The highest BCUT2D eigenvalue weighted by atomic mass is 14.3. The molecule has 0 atom stereocenters. The van der Waals surface area contributed by atoms with Gasteiger partial charge < -0.3 is 0 Å². The van der Waals surface area contributed by atoms with Crippen LogP contribution in [0.25, 0.3) is 0 Å². The van der Waals surface area contributed by atoms with Crippen molar-refractivity contribution >= 4 is 0 Å². The van der Waals surface area contributed by atoms with Gasteiger partial charge in [0.25, 0.3) is 0 Å². The van der Waals surface area contributed by atoms with E-state index in [1.54, 1.807) is 0 Å². The molecular formula is C14H26. The summed E-state index contributed by atoms with van der Waals surface area (Å²) >= 11 is 0. The third-order valence-corrected chi connectivity index (χ3v) is 3.53. The number of hydrogen-bond acceptors (Lipinski definition) is 0. The number of rotatable bonds is 3. The molecule has 0 nitrogen and oxygen atoms in total. The van der Waals surface area contributed by atoms with Crippen LogP contribution in [0.15, 0.2) is 12.2 Å². The van der Waals surface area contributed by atoms with Crippen LogP contribution < -0.4 is 0 Å². The monoisotopic (exact) mass is 194 g/mol. The third kappa shape index (κ3) is 3.86. The normalized spacial score (nSPS) is 29.3. The largest absolute Gasteiger partial charge is 0.0857 e. The standard InChI is InChI=1S/C14H26/c1-11(2)5-6-13-7-9-14(10-8-13)12(3)4/h5-6,11-14H,7-10H2,1-4H3/b6-5+. The molecule has 0 saturated heterocycles. The lowest BCUT2D eigenvalue weighted by Crippen LogP contribution is -2.17. The molecule has 0 aromatic heterocycles. The Kier molecular flexibility index (Phi) is 4.71. The first kappa shape index (κ1) is 11.8. The lowest BCUT2D eigenvalue weighted by Gasteiger charge is -2.29. The van der Waals surface area contributed by atoms with Crippen molar-refractivity contribution in [3.8, 4) is 0 Å². The average molecular weight is 194 g/mol. The molecule has 1 aliphatic carbocycles. The van der Waals surface area contributed by atoms with Gasteiger partial charge in [0.2, 0.25) is 0 Å². The topological polar surface area (TPSA) is 0 Å². The van der Waals surface area contributed by atoms with Crippen LogP contribution in [0, 0.1) is 23.7 Å². The molecule has 0 aromatic carbocycles. The fourth-order valence-corrected chi connectivity index (χ4v) is 2.38. The Labute approximate surface area is 89.8 Å². The summed E-state index contributed by atoms with van der Waals surface area (Å²) in [6, 6.07) is 0. The summed E-state index contributed by atoms with van der Waals surface area (Å²) in [6.07, 6.45) is 10.6. The molecule has 82 valence electrons. The summed E-state index contributed by atoms with van der Waals surface area (Å²) in [5.41, 5.74) is 0. The van der Waals surface area contributed by atoms with Crippen molar-refractivity contribution < 1.29 is 0 Å². The smallest absolute Gasteiger partial charge is 0.0233 e. The minimum absolute atomic E-state index is 0.720. The van der Waals surface area contributed by atoms with Crippen molar-refractivity contribution in [2.24, 2.45) is 23.7 Å². The Morgan fingerprint density at radius 1 is 0.929 bits per heavy atom. The van der Waals surface area contributed by atoms with E-state index in [1.165, 1.54) is 25.7 Å². The van der Waals surface area contributed by atoms with Gasteiger partial charge in [-0.15, -0.1) is 0 Å². The van der Waals surface area contributed by atoms with Crippen LogP contribution in [-0.4, -0.2) is 0 Å². The van der Waals surface area contributed by atoms with Crippen molar-refractivity contribution in [3.63, 3.8) is 0 Å². The Balaban J connectivity index is 2.29. The quantitative estimate of drug-likeness (QED) is 0.573. The van der Waals surface area contributed by atoms with Crippen LogP contribution in [0.1, 0.15) is 53.4 Å². The van der Waals surface area contributed by atoms with E-state index in [9.17, 15) is 0 Å². The highest BCUT2D eigenvalue weighted by Crippen LogP contribution is 2.33. The second-order valence-corrected chi connectivity index (χ2v) is 5.55. The Hall–Kier alpha value is -0.260. The lowest BCUT2D eigenvalue weighted by atomic mass is 9.77. The van der Waals surface area contributed by atoms with Crippen LogP contribution in [0.2, 0.25) is 0 Å². The second-order valence-electron chi connectivity index (χ2n) is 5.55. The minimum atomic E-state index is 0.720. The zero-order valence-corrected chi connectivity index (χ0v) is 10.3. The van der Waals surface area contributed by atoms with E-state index < -0.39 is 0 Å². The first-order valence-electron chi connectivity index (χ1n) is 6.28. The molecule has 0 heterocycles. The van der Waals surface area contributed by atoms with Crippen molar-refractivity contribution in [3.05, 3.63) is 12.2 Å². The Morgan fingerprint density at radius 3 is 1.93 bits per heavy atom. The zero-order valence-electron chi connectivity index (χ0n) is 10.3. The molecule has 0 aromatic rings. The molecule has 0 unspecified atom stereocenters. The van der Waals surface area contributed by atoms with Crippen LogP contribution in [0.5, 0.6) is 0 Å². The molecule has 0 spiro atoms. The summed E-state index contributed by atoms with van der Waals surface area (Å²) in [5.74, 6) is 3.49. The summed E-state index contributed by atoms with van der Waals surface area (Å²) in [4.78, 5) is 0. The molecule has 0 heteroatoms. The maximum atomic E-state index is 2.46. The fourth-order valence-electron chi connectivity index (χ4n) is 2.38. The third-order valence-electron chi connectivity index (χ3n) is 3.53. The van der Waals surface area contributed by atoms with E-state index in [-0.39, 0.29) is 0 Å². The second kappa shape index (κ2) is 5.58. The SMILES string of the molecule is CC(C)/C=C/C1CCC(C(C)C)CC1. The molecule has 14 heavy (non-hydrogen) atoms. The molecule has 0 bridgehead atoms. The Bertz CT molecular complexity index is 168. The highest BCUT2D eigenvalue weighted by molar-refractivity contribution is 4.92. The molecular weight excluding hydrogens is 168 g/mol. The summed E-state index contributed by atoms with van der Waals surface area (Å²) in [5, 5.41) is 0. The van der Waals surface area contributed by atoms with Gasteiger partial charge in [-0.3, -0.25) is 0 Å². The van der Waals surface area contributed by atoms with E-state index in [4.69, 9.17) is 0 Å². The van der Waals surface area contributed by atoms with Gasteiger partial charge in [0.15, 0.2) is 0 Å². The maximum absolute atomic E-state index is 2.46. The van der Waals surface area contributed by atoms with E-state index in [2.05, 4.69) is 39.8 Å². The van der Waals surface area contributed by atoms with Gasteiger partial charge in [0, 0.05) is 0 Å². The van der Waals surface area contributed by atoms with Crippen LogP contribution in [0.4, 0.5) is 0 Å². The van der Waals surface area contributed by atoms with Crippen molar-refractivity contribution in [2.75, 3.05) is 0 Å². The molecule has 1 fully saturated rings. The van der Waals surface area contributed by atoms with Gasteiger partial charge in [0.1, 0.15) is 0 Å². The average Bonchev–Trinajstić information content (AvgIpc) is 2.15. The van der Waals surface area contributed by atoms with Gasteiger partial charge in [-0.25, -0.2) is 0 Å². The number of allylic oxidation sites excluding steroid dienone is 2. The van der Waals surface area contributed by atoms with Crippen LogP contribution in [-0.2, 0) is 0 Å². The van der Waals surface area contributed by atoms with Crippen molar-refractivity contribution in [1.29, 1.82) is 0 Å². The van der Waals surface area contributed by atoms with Gasteiger partial charge in [0.05, 0.1) is 0 Å².